The number of hydrogen-bond acceptors (Lipinski definition) is 3. The highest BCUT2D eigenvalue weighted by Crippen LogP contribution is 2.28. The highest BCUT2D eigenvalue weighted by molar-refractivity contribution is 5.29. The zero-order valence-corrected chi connectivity index (χ0v) is 15.0. The number of likely N-dealkylation sites (tertiary alicyclic amines) is 1. The minimum Gasteiger partial charge on any atom is -0.494 e. The minimum atomic E-state index is 0.337. The maximum Gasteiger partial charge on any atom is 0.119 e. The van der Waals surface area contributed by atoms with Crippen LogP contribution in [0.1, 0.15) is 70.4 Å². The Labute approximate surface area is 142 Å². The third-order valence-corrected chi connectivity index (χ3v) is 5.01. The first-order valence-corrected chi connectivity index (χ1v) is 9.44. The van der Waals surface area contributed by atoms with Gasteiger partial charge in [0.25, 0.3) is 0 Å². The van der Waals surface area contributed by atoms with Gasteiger partial charge in [0.2, 0.25) is 0 Å². The molecule has 1 fully saturated rings. The minimum absolute atomic E-state index is 0.337. The van der Waals surface area contributed by atoms with Crippen LogP contribution >= 0.6 is 0 Å². The number of rotatable bonds is 9. The van der Waals surface area contributed by atoms with E-state index in [0.717, 1.165) is 18.8 Å². The standard InChI is InChI=1S/C20H34N2O/c1-3-4-5-8-15-23-19-12-10-18(11-13-19)20(16-21)22-14-7-6-9-17(22)2/h10-13,17,20H,3-9,14-16,21H2,1-2H3. The average Bonchev–Trinajstić information content (AvgIpc) is 2.58. The second kappa shape index (κ2) is 9.94. The molecule has 0 amide bonds. The van der Waals surface area contributed by atoms with Gasteiger partial charge in [0.1, 0.15) is 5.75 Å². The maximum absolute atomic E-state index is 6.09. The molecule has 0 saturated carbocycles. The van der Waals surface area contributed by atoms with Crippen molar-refractivity contribution in [2.24, 2.45) is 5.73 Å². The fourth-order valence-corrected chi connectivity index (χ4v) is 3.55. The van der Waals surface area contributed by atoms with E-state index >= 15 is 0 Å². The molecule has 0 aliphatic carbocycles. The van der Waals surface area contributed by atoms with E-state index in [0.29, 0.717) is 18.6 Å². The number of nitrogens with two attached hydrogens (primary N) is 1. The van der Waals surface area contributed by atoms with Gasteiger partial charge in [-0.25, -0.2) is 0 Å². The van der Waals surface area contributed by atoms with Crippen LogP contribution in [-0.4, -0.2) is 30.6 Å². The molecule has 0 aromatic heterocycles. The summed E-state index contributed by atoms with van der Waals surface area (Å²) < 4.78 is 5.84. The van der Waals surface area contributed by atoms with E-state index in [4.69, 9.17) is 10.5 Å². The van der Waals surface area contributed by atoms with Crippen LogP contribution in [0, 0.1) is 0 Å². The fourth-order valence-electron chi connectivity index (χ4n) is 3.55. The van der Waals surface area contributed by atoms with Crippen molar-refractivity contribution in [3.8, 4) is 5.75 Å². The Morgan fingerprint density at radius 1 is 1.17 bits per heavy atom. The topological polar surface area (TPSA) is 38.5 Å². The van der Waals surface area contributed by atoms with E-state index < -0.39 is 0 Å². The zero-order chi connectivity index (χ0) is 16.5. The highest BCUT2D eigenvalue weighted by atomic mass is 16.5. The van der Waals surface area contributed by atoms with Crippen LogP contribution in [0.25, 0.3) is 0 Å². The van der Waals surface area contributed by atoms with E-state index in [1.165, 1.54) is 50.6 Å². The first-order valence-electron chi connectivity index (χ1n) is 9.44. The molecule has 0 spiro atoms. The van der Waals surface area contributed by atoms with Crippen LogP contribution in [0.15, 0.2) is 24.3 Å². The molecule has 1 heterocycles. The van der Waals surface area contributed by atoms with Gasteiger partial charge in [-0.2, -0.15) is 0 Å². The van der Waals surface area contributed by atoms with Gasteiger partial charge in [0.05, 0.1) is 6.61 Å². The quantitative estimate of drug-likeness (QED) is 0.680. The van der Waals surface area contributed by atoms with Crippen LogP contribution in [0.4, 0.5) is 0 Å². The van der Waals surface area contributed by atoms with Gasteiger partial charge >= 0.3 is 0 Å². The smallest absolute Gasteiger partial charge is 0.119 e. The number of unbranched alkanes of at least 4 members (excludes halogenated alkanes) is 3. The Morgan fingerprint density at radius 3 is 2.61 bits per heavy atom. The molecule has 23 heavy (non-hydrogen) atoms. The monoisotopic (exact) mass is 318 g/mol. The van der Waals surface area contributed by atoms with Crippen molar-refractivity contribution in [2.45, 2.75) is 70.9 Å². The SMILES string of the molecule is CCCCCCOc1ccc(C(CN)N2CCCCC2C)cc1. The first kappa shape index (κ1) is 18.3. The molecule has 1 aromatic carbocycles. The lowest BCUT2D eigenvalue weighted by atomic mass is 9.97. The molecule has 0 radical (unpaired) electrons. The van der Waals surface area contributed by atoms with Crippen molar-refractivity contribution < 1.29 is 4.74 Å². The average molecular weight is 319 g/mol. The van der Waals surface area contributed by atoms with Gasteiger partial charge in [0.15, 0.2) is 0 Å². The van der Waals surface area contributed by atoms with Crippen LogP contribution < -0.4 is 10.5 Å². The van der Waals surface area contributed by atoms with Crippen LogP contribution in [-0.2, 0) is 0 Å². The van der Waals surface area contributed by atoms with Gasteiger partial charge < -0.3 is 10.5 Å². The van der Waals surface area contributed by atoms with Gasteiger partial charge in [-0.1, -0.05) is 44.7 Å². The summed E-state index contributed by atoms with van der Waals surface area (Å²) in [6, 6.07) is 9.56. The molecule has 1 saturated heterocycles. The van der Waals surface area contributed by atoms with E-state index in [-0.39, 0.29) is 0 Å². The molecule has 2 unspecified atom stereocenters. The molecule has 130 valence electrons. The summed E-state index contributed by atoms with van der Waals surface area (Å²) in [4.78, 5) is 2.57. The number of benzene rings is 1. The Bertz CT molecular complexity index is 432. The first-order chi connectivity index (χ1) is 11.3. The Kier molecular flexibility index (Phi) is 7.90. The van der Waals surface area contributed by atoms with Gasteiger partial charge in [-0.3, -0.25) is 4.90 Å². The molecule has 0 bridgehead atoms. The van der Waals surface area contributed by atoms with E-state index in [9.17, 15) is 0 Å². The van der Waals surface area contributed by atoms with Crippen molar-refractivity contribution in [2.75, 3.05) is 19.7 Å². The third-order valence-electron chi connectivity index (χ3n) is 5.01. The predicted molar refractivity (Wildman–Crippen MR) is 97.9 cm³/mol. The van der Waals surface area contributed by atoms with Crippen molar-refractivity contribution in [1.29, 1.82) is 0 Å². The normalized spacial score (nSPS) is 20.4. The Balaban J connectivity index is 1.89. The number of piperidine rings is 1. The molecule has 1 aliphatic heterocycles. The lowest BCUT2D eigenvalue weighted by Crippen LogP contribution is -2.43. The van der Waals surface area contributed by atoms with Gasteiger partial charge in [0, 0.05) is 18.6 Å². The summed E-state index contributed by atoms with van der Waals surface area (Å²) in [7, 11) is 0. The van der Waals surface area contributed by atoms with Gasteiger partial charge in [-0.15, -0.1) is 0 Å². The second-order valence-corrected chi connectivity index (χ2v) is 6.81. The number of hydrogen-bond donors (Lipinski definition) is 1. The van der Waals surface area contributed by atoms with E-state index in [1.807, 2.05) is 0 Å². The largest absolute Gasteiger partial charge is 0.494 e. The van der Waals surface area contributed by atoms with Crippen LogP contribution in [0.3, 0.4) is 0 Å². The van der Waals surface area contributed by atoms with Crippen molar-refractivity contribution in [1.82, 2.24) is 4.90 Å². The molecule has 3 heteroatoms. The molecule has 2 N–H and O–H groups in total. The van der Waals surface area contributed by atoms with Crippen molar-refractivity contribution in [3.63, 3.8) is 0 Å². The molecule has 1 aliphatic rings. The van der Waals surface area contributed by atoms with Crippen molar-refractivity contribution in [3.05, 3.63) is 29.8 Å². The molecule has 3 nitrogen and oxygen atoms in total. The summed E-state index contributed by atoms with van der Waals surface area (Å²) >= 11 is 0. The van der Waals surface area contributed by atoms with Crippen LogP contribution in [0.5, 0.6) is 5.75 Å². The second-order valence-electron chi connectivity index (χ2n) is 6.81. The summed E-state index contributed by atoms with van der Waals surface area (Å²) in [5.41, 5.74) is 7.41. The van der Waals surface area contributed by atoms with E-state index in [2.05, 4.69) is 43.0 Å². The fraction of sp³-hybridized carbons (Fsp3) is 0.700. The van der Waals surface area contributed by atoms with Crippen molar-refractivity contribution >= 4 is 0 Å². The molecular formula is C20H34N2O. The summed E-state index contributed by atoms with van der Waals surface area (Å²) in [6.45, 7) is 7.23. The lowest BCUT2D eigenvalue weighted by Gasteiger charge is -2.39. The summed E-state index contributed by atoms with van der Waals surface area (Å²) in [5.74, 6) is 0.979. The summed E-state index contributed by atoms with van der Waals surface area (Å²) in [5, 5.41) is 0. The Morgan fingerprint density at radius 2 is 1.96 bits per heavy atom. The highest BCUT2D eigenvalue weighted by Gasteiger charge is 2.26. The maximum atomic E-state index is 6.09. The molecule has 2 rings (SSSR count). The molecule has 1 aromatic rings. The Hall–Kier alpha value is -1.06. The lowest BCUT2D eigenvalue weighted by molar-refractivity contribution is 0.109. The third kappa shape index (κ3) is 5.50. The molecule has 2 atom stereocenters. The number of nitrogens with zero attached hydrogens (tertiary/aromatic N) is 1. The van der Waals surface area contributed by atoms with Gasteiger partial charge in [-0.05, 0) is 50.4 Å². The number of ether oxygens (including phenoxy) is 1. The van der Waals surface area contributed by atoms with E-state index in [1.54, 1.807) is 0 Å². The molecular weight excluding hydrogens is 284 g/mol. The zero-order valence-electron chi connectivity index (χ0n) is 15.0. The van der Waals surface area contributed by atoms with Crippen LogP contribution in [0.2, 0.25) is 0 Å². The predicted octanol–water partition coefficient (Wildman–Crippen LogP) is 4.52. The summed E-state index contributed by atoms with van der Waals surface area (Å²) in [6.07, 6.45) is 8.90.